The molecule has 1 heterocycles. The van der Waals surface area contributed by atoms with Gasteiger partial charge in [-0.25, -0.2) is 5.01 Å². The van der Waals surface area contributed by atoms with Gasteiger partial charge in [-0.2, -0.15) is 0 Å². The van der Waals surface area contributed by atoms with Gasteiger partial charge in [-0.1, -0.05) is 50.1 Å². The monoisotopic (exact) mass is 286 g/mol. The topological polar surface area (TPSA) is 49.7 Å². The van der Waals surface area contributed by atoms with Gasteiger partial charge in [0.2, 0.25) is 0 Å². The number of carbonyl (C=O) groups excluding carboxylic acids is 1. The number of carbonyl (C=O) groups is 1. The number of Topliss-reactive ketones (excluding diaryl/α,β-unsaturated/α-hetero) is 1. The van der Waals surface area contributed by atoms with E-state index < -0.39 is 0 Å². The minimum atomic E-state index is -0.194. The first-order valence-corrected chi connectivity index (χ1v) is 7.98. The molecule has 4 atom stereocenters. The molecule has 1 aliphatic heterocycles. The third-order valence-electron chi connectivity index (χ3n) is 5.14. The summed E-state index contributed by atoms with van der Waals surface area (Å²) in [4.78, 5) is 24.4. The van der Waals surface area contributed by atoms with E-state index in [2.05, 4.69) is 5.29 Å². The third kappa shape index (κ3) is 2.37. The second-order valence-corrected chi connectivity index (χ2v) is 6.19. The normalized spacial score (nSPS) is 32.6. The van der Waals surface area contributed by atoms with Crippen LogP contribution in [0, 0.1) is 16.7 Å². The van der Waals surface area contributed by atoms with Crippen molar-refractivity contribution in [1.82, 2.24) is 5.01 Å². The predicted molar refractivity (Wildman–Crippen MR) is 81.4 cm³/mol. The smallest absolute Gasteiger partial charge is 0.143 e. The minimum Gasteiger partial charge on any atom is -0.299 e. The Morgan fingerprint density at radius 3 is 2.57 bits per heavy atom. The zero-order valence-corrected chi connectivity index (χ0v) is 12.4. The molecule has 1 aromatic carbocycles. The van der Waals surface area contributed by atoms with Crippen molar-refractivity contribution in [2.45, 2.75) is 51.1 Å². The summed E-state index contributed by atoms with van der Waals surface area (Å²) in [6.45, 7) is 2.03. The highest BCUT2D eigenvalue weighted by Crippen LogP contribution is 2.45. The molecule has 21 heavy (non-hydrogen) atoms. The number of benzene rings is 1. The molecule has 0 bridgehead atoms. The van der Waals surface area contributed by atoms with Crippen LogP contribution in [0.2, 0.25) is 0 Å². The van der Waals surface area contributed by atoms with Crippen molar-refractivity contribution in [3.05, 3.63) is 40.8 Å². The molecule has 2 aliphatic rings. The van der Waals surface area contributed by atoms with Crippen molar-refractivity contribution < 1.29 is 4.79 Å². The van der Waals surface area contributed by atoms with Crippen molar-refractivity contribution in [3.63, 3.8) is 0 Å². The molecule has 0 aromatic heterocycles. The summed E-state index contributed by atoms with van der Waals surface area (Å²) in [6.07, 6.45) is 4.74. The minimum absolute atomic E-state index is 0.00126. The van der Waals surface area contributed by atoms with E-state index in [1.807, 2.05) is 37.3 Å². The van der Waals surface area contributed by atoms with Crippen LogP contribution >= 0.6 is 0 Å². The molecule has 2 fully saturated rings. The van der Waals surface area contributed by atoms with Crippen LogP contribution in [-0.2, 0) is 4.79 Å². The van der Waals surface area contributed by atoms with Gasteiger partial charge in [0.1, 0.15) is 5.78 Å². The highest BCUT2D eigenvalue weighted by Gasteiger charge is 2.49. The lowest BCUT2D eigenvalue weighted by atomic mass is 9.70. The molecule has 4 heteroatoms. The molecule has 112 valence electrons. The van der Waals surface area contributed by atoms with E-state index in [9.17, 15) is 9.70 Å². The van der Waals surface area contributed by atoms with E-state index in [-0.39, 0.29) is 23.9 Å². The van der Waals surface area contributed by atoms with Crippen LogP contribution in [0.5, 0.6) is 0 Å². The second kappa shape index (κ2) is 5.96. The summed E-state index contributed by atoms with van der Waals surface area (Å²) in [5, 5.41) is 5.06. The summed E-state index contributed by atoms with van der Waals surface area (Å²) < 4.78 is 0. The summed E-state index contributed by atoms with van der Waals surface area (Å²) in [5.74, 6) is 0.224. The van der Waals surface area contributed by atoms with E-state index >= 15 is 0 Å². The maximum Gasteiger partial charge on any atom is 0.143 e. The van der Waals surface area contributed by atoms with E-state index in [4.69, 9.17) is 0 Å². The lowest BCUT2D eigenvalue weighted by Gasteiger charge is -2.48. The van der Waals surface area contributed by atoms with Gasteiger partial charge >= 0.3 is 0 Å². The first kappa shape index (κ1) is 14.2. The summed E-state index contributed by atoms with van der Waals surface area (Å²) in [7, 11) is 0. The summed E-state index contributed by atoms with van der Waals surface area (Å²) in [5.41, 5.74) is 1.03. The highest BCUT2D eigenvalue weighted by atomic mass is 16.3. The van der Waals surface area contributed by atoms with E-state index in [0.717, 1.165) is 37.7 Å². The summed E-state index contributed by atoms with van der Waals surface area (Å²) >= 11 is 0. The third-order valence-corrected chi connectivity index (χ3v) is 5.14. The Bertz CT molecular complexity index is 517. The molecule has 3 rings (SSSR count). The maximum atomic E-state index is 12.9. The predicted octanol–water partition coefficient (Wildman–Crippen LogP) is 3.88. The maximum absolute atomic E-state index is 12.9. The molecule has 0 spiro atoms. The van der Waals surface area contributed by atoms with Crippen LogP contribution in [-0.4, -0.2) is 16.8 Å². The van der Waals surface area contributed by atoms with Gasteiger partial charge in [-0.15, -0.1) is 4.91 Å². The lowest BCUT2D eigenvalue weighted by Crippen LogP contribution is -2.54. The molecule has 4 nitrogen and oxygen atoms in total. The largest absolute Gasteiger partial charge is 0.299 e. The van der Waals surface area contributed by atoms with Gasteiger partial charge in [0.15, 0.2) is 0 Å². The molecule has 1 aromatic rings. The molecule has 1 aliphatic carbocycles. The van der Waals surface area contributed by atoms with E-state index in [0.29, 0.717) is 5.78 Å². The number of hydrogen-bond acceptors (Lipinski definition) is 3. The van der Waals surface area contributed by atoms with Gasteiger partial charge in [-0.3, -0.25) is 4.79 Å². The molecular formula is C17H22N2O2. The van der Waals surface area contributed by atoms with Gasteiger partial charge in [0.25, 0.3) is 0 Å². The fourth-order valence-electron chi connectivity index (χ4n) is 4.15. The fourth-order valence-corrected chi connectivity index (χ4v) is 4.15. The van der Waals surface area contributed by atoms with Crippen molar-refractivity contribution in [2.24, 2.45) is 17.1 Å². The van der Waals surface area contributed by atoms with Crippen LogP contribution in [0.4, 0.5) is 0 Å². The van der Waals surface area contributed by atoms with Crippen molar-refractivity contribution >= 4 is 5.78 Å². The Morgan fingerprint density at radius 1 is 1.19 bits per heavy atom. The van der Waals surface area contributed by atoms with Crippen molar-refractivity contribution in [3.8, 4) is 0 Å². The van der Waals surface area contributed by atoms with Crippen LogP contribution in [0.25, 0.3) is 0 Å². The van der Waals surface area contributed by atoms with Crippen LogP contribution < -0.4 is 0 Å². The molecule has 0 radical (unpaired) electrons. The Kier molecular flexibility index (Phi) is 4.04. The highest BCUT2D eigenvalue weighted by molar-refractivity contribution is 5.86. The Morgan fingerprint density at radius 2 is 1.90 bits per heavy atom. The van der Waals surface area contributed by atoms with Crippen LogP contribution in [0.15, 0.2) is 35.6 Å². The number of hydrogen-bond donors (Lipinski definition) is 0. The quantitative estimate of drug-likeness (QED) is 0.792. The van der Waals surface area contributed by atoms with Crippen LogP contribution in [0.3, 0.4) is 0 Å². The van der Waals surface area contributed by atoms with Crippen molar-refractivity contribution in [1.29, 1.82) is 0 Å². The van der Waals surface area contributed by atoms with Crippen molar-refractivity contribution in [2.75, 3.05) is 0 Å². The average Bonchev–Trinajstić information content (AvgIpc) is 2.55. The van der Waals surface area contributed by atoms with Gasteiger partial charge in [0.05, 0.1) is 17.4 Å². The molecular weight excluding hydrogens is 264 g/mol. The molecule has 0 N–H and O–H groups in total. The van der Waals surface area contributed by atoms with Gasteiger partial charge in [-0.05, 0) is 24.8 Å². The first-order valence-electron chi connectivity index (χ1n) is 7.98. The summed E-state index contributed by atoms with van der Waals surface area (Å²) in [6, 6.07) is 9.68. The first-order chi connectivity index (χ1) is 10.3. The number of fused-ring (bicyclic) bond motifs is 1. The zero-order chi connectivity index (χ0) is 14.8. The molecule has 1 saturated carbocycles. The van der Waals surface area contributed by atoms with E-state index in [1.54, 1.807) is 5.01 Å². The van der Waals surface area contributed by atoms with Gasteiger partial charge < -0.3 is 0 Å². The zero-order valence-electron chi connectivity index (χ0n) is 12.4. The second-order valence-electron chi connectivity index (χ2n) is 6.19. The standard InChI is InChI=1S/C17H22N2O2/c1-2-13-16(12-8-4-3-5-9-12)19(18-21)15-11-7-6-10-14(15)17(13)20/h3-5,8-9,13-16H,2,6-7,10-11H2,1H3/t13-,14+,15+,16-/m1/s1. The lowest BCUT2D eigenvalue weighted by molar-refractivity contribution is -0.142. The molecule has 0 unspecified atom stereocenters. The van der Waals surface area contributed by atoms with E-state index in [1.165, 1.54) is 0 Å². The molecule has 0 amide bonds. The van der Waals surface area contributed by atoms with Gasteiger partial charge in [0, 0.05) is 11.8 Å². The number of piperidine rings is 1. The Hall–Kier alpha value is -1.71. The number of ketones is 1. The SMILES string of the molecule is CC[C@H]1C(=O)[C@H]2CCCC[C@@H]2N(N=O)[C@@H]1c1ccccc1. The Balaban J connectivity index is 2.02. The molecule has 1 saturated heterocycles. The fraction of sp³-hybridized carbons (Fsp3) is 0.588. The number of nitrogens with zero attached hydrogens (tertiary/aromatic N) is 2. The Labute approximate surface area is 125 Å². The van der Waals surface area contributed by atoms with Crippen LogP contribution in [0.1, 0.15) is 50.6 Å². The number of nitroso groups, excluding NO2 is 1. The average molecular weight is 286 g/mol. The number of rotatable bonds is 3.